The Morgan fingerprint density at radius 3 is 2.37 bits per heavy atom. The molecule has 19 heavy (non-hydrogen) atoms. The normalized spacial score (nSPS) is 22.5. The van der Waals surface area contributed by atoms with Crippen molar-refractivity contribution in [1.29, 1.82) is 0 Å². The monoisotopic (exact) mass is 271 g/mol. The van der Waals surface area contributed by atoms with Crippen molar-refractivity contribution in [3.8, 4) is 0 Å². The van der Waals surface area contributed by atoms with Gasteiger partial charge < -0.3 is 14.8 Å². The molecule has 1 fully saturated rings. The third-order valence-corrected chi connectivity index (χ3v) is 3.97. The predicted molar refractivity (Wildman–Crippen MR) is 78.1 cm³/mol. The molecule has 0 radical (unpaired) electrons. The maximum absolute atomic E-state index is 8.89. The van der Waals surface area contributed by atoms with Crippen LogP contribution in [0.1, 0.15) is 78.6 Å². The van der Waals surface area contributed by atoms with Gasteiger partial charge in [0.2, 0.25) is 0 Å². The lowest BCUT2D eigenvalue weighted by molar-refractivity contribution is -0.931. The van der Waals surface area contributed by atoms with Crippen LogP contribution in [0.4, 0.5) is 0 Å². The van der Waals surface area contributed by atoms with E-state index in [1.165, 1.54) is 70.9 Å². The second-order valence-corrected chi connectivity index (χ2v) is 5.66. The number of aliphatic carboxylic acids is 1. The molecule has 0 amide bonds. The number of carbonyl (C=O) groups is 1. The van der Waals surface area contributed by atoms with Crippen LogP contribution in [0.2, 0.25) is 0 Å². The Morgan fingerprint density at radius 1 is 1.16 bits per heavy atom. The van der Waals surface area contributed by atoms with Crippen molar-refractivity contribution in [3.05, 3.63) is 0 Å². The Morgan fingerprint density at radius 2 is 1.79 bits per heavy atom. The van der Waals surface area contributed by atoms with E-state index in [0.717, 1.165) is 13.0 Å². The highest BCUT2D eigenvalue weighted by molar-refractivity contribution is 5.60. The zero-order valence-corrected chi connectivity index (χ0v) is 13.2. The fourth-order valence-corrected chi connectivity index (χ4v) is 2.93. The molecule has 1 saturated heterocycles. The lowest BCUT2D eigenvalue weighted by Gasteiger charge is -2.32. The molecule has 1 N–H and O–H groups in total. The van der Waals surface area contributed by atoms with Gasteiger partial charge in [-0.3, -0.25) is 0 Å². The quantitative estimate of drug-likeness (QED) is 0.714. The molecule has 1 rings (SSSR count). The molecule has 114 valence electrons. The van der Waals surface area contributed by atoms with E-state index < -0.39 is 5.97 Å². The minimum absolute atomic E-state index is 0.972. The molecule has 0 bridgehead atoms. The molecule has 0 aromatic rings. The van der Waals surface area contributed by atoms with Gasteiger partial charge in [0.1, 0.15) is 0 Å². The fourth-order valence-electron chi connectivity index (χ4n) is 2.93. The molecule has 0 saturated carbocycles. The molecule has 0 aromatic carbocycles. The summed E-state index contributed by atoms with van der Waals surface area (Å²) >= 11 is 0. The highest BCUT2D eigenvalue weighted by Crippen LogP contribution is 2.06. The van der Waals surface area contributed by atoms with Gasteiger partial charge in [-0.05, 0) is 45.4 Å². The van der Waals surface area contributed by atoms with E-state index in [4.69, 9.17) is 9.90 Å². The first kappa shape index (κ1) is 18.4. The zero-order chi connectivity index (χ0) is 14.5. The molecule has 0 aliphatic carbocycles. The Kier molecular flexibility index (Phi) is 12.1. The third-order valence-electron chi connectivity index (χ3n) is 3.97. The van der Waals surface area contributed by atoms with Gasteiger partial charge in [-0.1, -0.05) is 33.1 Å². The van der Waals surface area contributed by atoms with Crippen LogP contribution in [0.15, 0.2) is 0 Å². The lowest BCUT2D eigenvalue weighted by atomic mass is 9.99. The number of carboxylic acids is 1. The molecule has 1 aliphatic heterocycles. The number of nitrogens with one attached hydrogen (secondary N) is 1. The average Bonchev–Trinajstić information content (AvgIpc) is 2.38. The SMILES string of the molecule is CC(=O)[O-].CCCCCCC[NH+]1CCCCC1CC. The smallest absolute Gasteiger partial charge is 0.0872 e. The van der Waals surface area contributed by atoms with E-state index in [0.29, 0.717) is 0 Å². The summed E-state index contributed by atoms with van der Waals surface area (Å²) in [5, 5.41) is 8.89. The number of hydrogen-bond acceptors (Lipinski definition) is 2. The highest BCUT2D eigenvalue weighted by atomic mass is 16.4. The van der Waals surface area contributed by atoms with Crippen molar-refractivity contribution < 1.29 is 14.8 Å². The topological polar surface area (TPSA) is 44.6 Å². The minimum atomic E-state index is -1.08. The minimum Gasteiger partial charge on any atom is -0.550 e. The van der Waals surface area contributed by atoms with E-state index >= 15 is 0 Å². The lowest BCUT2D eigenvalue weighted by Crippen LogP contribution is -3.16. The van der Waals surface area contributed by atoms with E-state index in [-0.39, 0.29) is 0 Å². The van der Waals surface area contributed by atoms with Crippen LogP contribution in [0, 0.1) is 0 Å². The molecule has 1 aliphatic rings. The zero-order valence-electron chi connectivity index (χ0n) is 13.2. The van der Waals surface area contributed by atoms with Crippen molar-refractivity contribution >= 4 is 5.97 Å². The number of hydrogen-bond donors (Lipinski definition) is 1. The maximum Gasteiger partial charge on any atom is 0.0872 e. The van der Waals surface area contributed by atoms with Crippen molar-refractivity contribution in [3.63, 3.8) is 0 Å². The number of quaternary nitrogens is 1. The van der Waals surface area contributed by atoms with Gasteiger partial charge in [0.05, 0.1) is 19.1 Å². The first-order valence-electron chi connectivity index (χ1n) is 8.13. The van der Waals surface area contributed by atoms with Crippen LogP contribution in [0.3, 0.4) is 0 Å². The predicted octanol–water partition coefficient (Wildman–Crippen LogP) is 1.56. The number of rotatable bonds is 7. The van der Waals surface area contributed by atoms with Gasteiger partial charge in [-0.15, -0.1) is 0 Å². The number of carbonyl (C=O) groups excluding carboxylic acids is 1. The summed E-state index contributed by atoms with van der Waals surface area (Å²) in [4.78, 5) is 10.8. The summed E-state index contributed by atoms with van der Waals surface area (Å²) < 4.78 is 0. The van der Waals surface area contributed by atoms with Gasteiger partial charge in [0.25, 0.3) is 0 Å². The summed E-state index contributed by atoms with van der Waals surface area (Å²) in [6, 6.07) is 0.991. The molecule has 3 nitrogen and oxygen atoms in total. The second kappa shape index (κ2) is 12.5. The Balaban J connectivity index is 0.000000711. The number of piperidine rings is 1. The van der Waals surface area contributed by atoms with Gasteiger partial charge in [-0.25, -0.2) is 0 Å². The third kappa shape index (κ3) is 11.0. The van der Waals surface area contributed by atoms with Crippen LogP contribution in [0.25, 0.3) is 0 Å². The number of carboxylic acid groups (broad SMARTS) is 1. The van der Waals surface area contributed by atoms with Crippen molar-refractivity contribution in [2.45, 2.75) is 84.6 Å². The average molecular weight is 271 g/mol. The molecule has 0 spiro atoms. The fraction of sp³-hybridized carbons (Fsp3) is 0.938. The molecule has 3 heteroatoms. The summed E-state index contributed by atoms with van der Waals surface area (Å²) in [7, 11) is 0. The van der Waals surface area contributed by atoms with E-state index in [2.05, 4.69) is 13.8 Å². The van der Waals surface area contributed by atoms with Gasteiger partial charge >= 0.3 is 0 Å². The van der Waals surface area contributed by atoms with Crippen molar-refractivity contribution in [1.82, 2.24) is 0 Å². The van der Waals surface area contributed by atoms with Gasteiger partial charge in [0.15, 0.2) is 0 Å². The highest BCUT2D eigenvalue weighted by Gasteiger charge is 2.23. The Bertz CT molecular complexity index is 215. The van der Waals surface area contributed by atoms with Crippen LogP contribution in [-0.4, -0.2) is 25.1 Å². The van der Waals surface area contributed by atoms with Crippen LogP contribution in [-0.2, 0) is 4.79 Å². The molecule has 1 heterocycles. The second-order valence-electron chi connectivity index (χ2n) is 5.66. The Hall–Kier alpha value is -0.570. The van der Waals surface area contributed by atoms with E-state index in [1.807, 2.05) is 4.90 Å². The summed E-state index contributed by atoms with van der Waals surface area (Å²) in [6.07, 6.45) is 13.0. The number of likely N-dealkylation sites (tertiary alicyclic amines) is 1. The first-order chi connectivity index (χ1) is 9.11. The Labute approximate surface area is 119 Å². The largest absolute Gasteiger partial charge is 0.550 e. The van der Waals surface area contributed by atoms with Crippen LogP contribution < -0.4 is 10.0 Å². The maximum atomic E-state index is 8.89. The van der Waals surface area contributed by atoms with Crippen molar-refractivity contribution in [2.75, 3.05) is 13.1 Å². The first-order valence-corrected chi connectivity index (χ1v) is 8.13. The molecule has 2 atom stereocenters. The van der Waals surface area contributed by atoms with Crippen molar-refractivity contribution in [2.24, 2.45) is 0 Å². The summed E-state index contributed by atoms with van der Waals surface area (Å²) in [6.45, 7) is 8.53. The van der Waals surface area contributed by atoms with Gasteiger partial charge in [0, 0.05) is 5.97 Å². The molecular weight excluding hydrogens is 238 g/mol. The van der Waals surface area contributed by atoms with E-state index in [9.17, 15) is 0 Å². The van der Waals surface area contributed by atoms with Crippen LogP contribution >= 0.6 is 0 Å². The number of unbranched alkanes of at least 4 members (excludes halogenated alkanes) is 4. The molecular formula is C16H33NO2. The van der Waals surface area contributed by atoms with Gasteiger partial charge in [-0.2, -0.15) is 0 Å². The molecule has 0 aromatic heterocycles. The summed E-state index contributed by atoms with van der Waals surface area (Å²) in [5.74, 6) is -1.08. The van der Waals surface area contributed by atoms with E-state index in [1.54, 1.807) is 0 Å². The summed E-state index contributed by atoms with van der Waals surface area (Å²) in [5.41, 5.74) is 0. The standard InChI is InChI=1S/C14H29N.C2H4O2/c1-3-5-6-7-9-12-15-13-10-8-11-14(15)4-2;1-2(3)4/h14H,3-13H2,1-2H3;1H3,(H,3,4). The molecule has 2 unspecified atom stereocenters. The van der Waals surface area contributed by atoms with Crippen LogP contribution in [0.5, 0.6) is 0 Å².